The van der Waals surface area contributed by atoms with Crippen molar-refractivity contribution in [1.29, 1.82) is 0 Å². The summed E-state index contributed by atoms with van der Waals surface area (Å²) in [6, 6.07) is 0.594. The second-order valence-corrected chi connectivity index (χ2v) is 7.85. The molecule has 0 aromatic heterocycles. The summed E-state index contributed by atoms with van der Waals surface area (Å²) in [6.07, 6.45) is 2.96. The third-order valence-corrected chi connectivity index (χ3v) is 4.88. The van der Waals surface area contributed by atoms with Crippen molar-refractivity contribution < 1.29 is 4.74 Å². The van der Waals surface area contributed by atoms with E-state index in [4.69, 9.17) is 4.74 Å². The predicted molar refractivity (Wildman–Crippen MR) is 101 cm³/mol. The third-order valence-electron chi connectivity index (χ3n) is 4.88. The lowest BCUT2D eigenvalue weighted by molar-refractivity contribution is -0.0284. The highest BCUT2D eigenvalue weighted by Gasteiger charge is 2.32. The van der Waals surface area contributed by atoms with Gasteiger partial charge in [0.05, 0.1) is 12.7 Å². The van der Waals surface area contributed by atoms with E-state index in [0.29, 0.717) is 12.0 Å². The Balaban J connectivity index is 1.70. The van der Waals surface area contributed by atoms with Gasteiger partial charge in [-0.25, -0.2) is 0 Å². The average molecular weight is 340 g/mol. The first-order valence-corrected chi connectivity index (χ1v) is 9.44. The molecule has 2 fully saturated rings. The van der Waals surface area contributed by atoms with Crippen molar-refractivity contribution in [2.45, 2.75) is 38.8 Å². The van der Waals surface area contributed by atoms with E-state index in [1.807, 2.05) is 7.05 Å². The zero-order valence-corrected chi connectivity index (χ0v) is 16.2. The van der Waals surface area contributed by atoms with Crippen LogP contribution in [-0.2, 0) is 4.74 Å². The van der Waals surface area contributed by atoms with E-state index in [1.165, 1.54) is 12.8 Å². The summed E-state index contributed by atoms with van der Waals surface area (Å²) >= 11 is 0. The van der Waals surface area contributed by atoms with E-state index in [-0.39, 0.29) is 6.10 Å². The molecule has 24 heavy (non-hydrogen) atoms. The van der Waals surface area contributed by atoms with Gasteiger partial charge in [0.1, 0.15) is 0 Å². The highest BCUT2D eigenvalue weighted by molar-refractivity contribution is 5.79. The first-order valence-electron chi connectivity index (χ1n) is 9.44. The van der Waals surface area contributed by atoms with Crippen molar-refractivity contribution in [1.82, 2.24) is 20.4 Å². The van der Waals surface area contributed by atoms with E-state index < -0.39 is 0 Å². The van der Waals surface area contributed by atoms with Gasteiger partial charge < -0.3 is 20.3 Å². The molecule has 2 atom stereocenters. The summed E-state index contributed by atoms with van der Waals surface area (Å²) in [5, 5.41) is 6.92. The van der Waals surface area contributed by atoms with Crippen molar-refractivity contribution in [3.8, 4) is 0 Å². The van der Waals surface area contributed by atoms with Gasteiger partial charge in [0, 0.05) is 45.8 Å². The normalized spacial score (nSPS) is 24.5. The quantitative estimate of drug-likeness (QED) is 0.507. The van der Waals surface area contributed by atoms with Crippen LogP contribution < -0.4 is 10.6 Å². The second-order valence-electron chi connectivity index (χ2n) is 7.85. The molecule has 0 radical (unpaired) electrons. The Morgan fingerprint density at radius 1 is 1.29 bits per heavy atom. The molecule has 0 bridgehead atoms. The van der Waals surface area contributed by atoms with Crippen LogP contribution in [0, 0.1) is 11.8 Å². The van der Waals surface area contributed by atoms with Crippen LogP contribution in [-0.4, -0.2) is 88.4 Å². The minimum absolute atomic E-state index is 0.240. The maximum absolute atomic E-state index is 5.90. The Morgan fingerprint density at radius 2 is 2.04 bits per heavy atom. The first kappa shape index (κ1) is 19.5. The minimum Gasteiger partial charge on any atom is -0.374 e. The molecule has 1 aliphatic heterocycles. The van der Waals surface area contributed by atoms with Crippen molar-refractivity contribution >= 4 is 5.96 Å². The fourth-order valence-corrected chi connectivity index (χ4v) is 3.47. The maximum atomic E-state index is 5.90. The van der Waals surface area contributed by atoms with E-state index in [9.17, 15) is 0 Å². The topological polar surface area (TPSA) is 52.1 Å². The number of aliphatic imine (C=N–C) groups is 1. The summed E-state index contributed by atoms with van der Waals surface area (Å²) in [5.74, 6) is 2.43. The molecule has 0 aromatic carbocycles. The molecule has 140 valence electrons. The van der Waals surface area contributed by atoms with Gasteiger partial charge in [-0.15, -0.1) is 0 Å². The molecule has 0 amide bonds. The van der Waals surface area contributed by atoms with E-state index in [1.54, 1.807) is 0 Å². The van der Waals surface area contributed by atoms with Crippen LogP contribution in [0.1, 0.15) is 26.7 Å². The van der Waals surface area contributed by atoms with Crippen LogP contribution in [0.5, 0.6) is 0 Å². The number of rotatable bonds is 8. The maximum Gasteiger partial charge on any atom is 0.191 e. The molecule has 1 saturated carbocycles. The predicted octanol–water partition coefficient (Wildman–Crippen LogP) is 0.848. The summed E-state index contributed by atoms with van der Waals surface area (Å²) in [6.45, 7) is 10.3. The second kappa shape index (κ2) is 9.59. The summed E-state index contributed by atoms with van der Waals surface area (Å²) < 4.78 is 5.90. The molecule has 2 N–H and O–H groups in total. The molecule has 1 heterocycles. The van der Waals surface area contributed by atoms with Crippen molar-refractivity contribution in [2.24, 2.45) is 16.8 Å². The van der Waals surface area contributed by atoms with Gasteiger partial charge in [-0.3, -0.25) is 9.89 Å². The molecule has 1 saturated heterocycles. The largest absolute Gasteiger partial charge is 0.374 e. The smallest absolute Gasteiger partial charge is 0.191 e. The first-order chi connectivity index (χ1) is 11.5. The molecule has 1 aliphatic carbocycles. The van der Waals surface area contributed by atoms with Crippen molar-refractivity contribution in [3.05, 3.63) is 0 Å². The zero-order chi connectivity index (χ0) is 17.5. The number of morpholine rings is 1. The van der Waals surface area contributed by atoms with Crippen molar-refractivity contribution in [3.63, 3.8) is 0 Å². The Hall–Kier alpha value is -0.850. The van der Waals surface area contributed by atoms with Gasteiger partial charge in [0.15, 0.2) is 5.96 Å². The summed E-state index contributed by atoms with van der Waals surface area (Å²) in [5.41, 5.74) is 0. The van der Waals surface area contributed by atoms with E-state index in [2.05, 4.69) is 53.4 Å². The molecule has 6 nitrogen and oxygen atoms in total. The van der Waals surface area contributed by atoms with E-state index in [0.717, 1.165) is 51.2 Å². The third kappa shape index (κ3) is 6.57. The lowest BCUT2D eigenvalue weighted by atomic mass is 10.1. The van der Waals surface area contributed by atoms with Gasteiger partial charge in [-0.05, 0) is 38.8 Å². The number of nitrogens with one attached hydrogen (secondary N) is 2. The number of guanidine groups is 1. The Kier molecular flexibility index (Phi) is 7.78. The Morgan fingerprint density at radius 3 is 2.62 bits per heavy atom. The number of nitrogens with zero attached hydrogens (tertiary/aromatic N) is 3. The molecule has 2 aliphatic rings. The molecule has 0 spiro atoms. The number of hydrogen-bond acceptors (Lipinski definition) is 4. The molecule has 0 aromatic rings. The Labute approximate surface area is 148 Å². The summed E-state index contributed by atoms with van der Waals surface area (Å²) in [7, 11) is 6.17. The van der Waals surface area contributed by atoms with Crippen LogP contribution in [0.3, 0.4) is 0 Å². The van der Waals surface area contributed by atoms with Gasteiger partial charge in [0.2, 0.25) is 0 Å². The number of ether oxygens (including phenoxy) is 1. The van der Waals surface area contributed by atoms with Crippen LogP contribution in [0.2, 0.25) is 0 Å². The monoisotopic (exact) mass is 339 g/mol. The fraction of sp³-hybridized carbons (Fsp3) is 0.944. The van der Waals surface area contributed by atoms with Gasteiger partial charge in [-0.2, -0.15) is 0 Å². The standard InChI is InChI=1S/C18H37N5O/c1-14(2)12-23-8-9-24-16(13-23)10-20-18(19-3)21-11-17(22(4)5)15-6-7-15/h14-17H,6-13H2,1-5H3,(H2,19,20,21). The fourth-order valence-electron chi connectivity index (χ4n) is 3.47. The molecule has 2 unspecified atom stereocenters. The number of hydrogen-bond donors (Lipinski definition) is 2. The number of likely N-dealkylation sites (N-methyl/N-ethyl adjacent to an activating group) is 1. The van der Waals surface area contributed by atoms with Gasteiger partial charge in [-0.1, -0.05) is 13.8 Å². The highest BCUT2D eigenvalue weighted by Crippen LogP contribution is 2.34. The van der Waals surface area contributed by atoms with Crippen LogP contribution in [0.25, 0.3) is 0 Å². The lowest BCUT2D eigenvalue weighted by Gasteiger charge is -2.34. The van der Waals surface area contributed by atoms with Crippen LogP contribution in [0.4, 0.5) is 0 Å². The van der Waals surface area contributed by atoms with Gasteiger partial charge >= 0.3 is 0 Å². The van der Waals surface area contributed by atoms with Crippen LogP contribution in [0.15, 0.2) is 4.99 Å². The molecular weight excluding hydrogens is 302 g/mol. The van der Waals surface area contributed by atoms with E-state index >= 15 is 0 Å². The summed E-state index contributed by atoms with van der Waals surface area (Å²) in [4.78, 5) is 9.19. The molecule has 2 rings (SSSR count). The highest BCUT2D eigenvalue weighted by atomic mass is 16.5. The SMILES string of the molecule is CN=C(NCC1CN(CC(C)C)CCO1)NCC(C1CC1)N(C)C. The zero-order valence-electron chi connectivity index (χ0n) is 16.2. The molecular formula is C18H37N5O. The van der Waals surface area contributed by atoms with Crippen molar-refractivity contribution in [2.75, 3.05) is 60.5 Å². The Bertz CT molecular complexity index is 393. The minimum atomic E-state index is 0.240. The average Bonchev–Trinajstić information content (AvgIpc) is 3.34. The van der Waals surface area contributed by atoms with Gasteiger partial charge in [0.25, 0.3) is 0 Å². The molecule has 6 heteroatoms. The van der Waals surface area contributed by atoms with Crippen LogP contribution >= 0.6 is 0 Å². The lowest BCUT2D eigenvalue weighted by Crippen LogP contribution is -2.51.